The molecule has 0 radical (unpaired) electrons. The van der Waals surface area contributed by atoms with Gasteiger partial charge in [-0.15, -0.1) is 0 Å². The first-order valence-corrected chi connectivity index (χ1v) is 8.35. The molecule has 0 amide bonds. The molecule has 1 atom stereocenters. The van der Waals surface area contributed by atoms with Crippen LogP contribution in [-0.2, 0) is 13.1 Å². The molecule has 0 aliphatic carbocycles. The van der Waals surface area contributed by atoms with Gasteiger partial charge in [-0.05, 0) is 38.0 Å². The fourth-order valence-corrected chi connectivity index (χ4v) is 2.97. The van der Waals surface area contributed by atoms with Gasteiger partial charge in [-0.1, -0.05) is 0 Å². The summed E-state index contributed by atoms with van der Waals surface area (Å²) in [6.07, 6.45) is 2.02. The van der Waals surface area contributed by atoms with Crippen molar-refractivity contribution in [1.29, 1.82) is 0 Å². The lowest BCUT2D eigenvalue weighted by Crippen LogP contribution is -2.41. The molecule has 3 N–H and O–H groups in total. The normalized spacial score (nSPS) is 17.1. The summed E-state index contributed by atoms with van der Waals surface area (Å²) in [5, 5.41) is 21.0. The summed E-state index contributed by atoms with van der Waals surface area (Å²) in [6, 6.07) is 5.22. The van der Waals surface area contributed by atoms with Gasteiger partial charge in [-0.25, -0.2) is 9.67 Å². The number of aliphatic imine (C=N–C) groups is 1. The number of guanidine groups is 1. The van der Waals surface area contributed by atoms with E-state index in [1.165, 1.54) is 0 Å². The van der Waals surface area contributed by atoms with Crippen molar-refractivity contribution in [3.05, 3.63) is 35.4 Å². The maximum atomic E-state index is 9.99. The van der Waals surface area contributed by atoms with Crippen LogP contribution in [0.1, 0.15) is 36.1 Å². The number of aromatic hydroxyl groups is 1. The average molecular weight is 344 g/mol. The van der Waals surface area contributed by atoms with E-state index in [0.717, 1.165) is 36.6 Å². The van der Waals surface area contributed by atoms with Crippen LogP contribution in [0.2, 0.25) is 0 Å². The number of nitrogens with one attached hydrogen (secondary N) is 2. The highest BCUT2D eigenvalue weighted by Gasteiger charge is 2.24. The lowest BCUT2D eigenvalue weighted by Gasteiger charge is -2.25. The van der Waals surface area contributed by atoms with Gasteiger partial charge in [-0.2, -0.15) is 5.10 Å². The minimum atomic E-state index is 0.0695. The van der Waals surface area contributed by atoms with E-state index in [0.29, 0.717) is 18.3 Å². The Hall–Kier alpha value is -2.77. The van der Waals surface area contributed by atoms with Crippen molar-refractivity contribution in [1.82, 2.24) is 25.4 Å². The van der Waals surface area contributed by atoms with Gasteiger partial charge in [-0.3, -0.25) is 4.99 Å². The molecule has 8 nitrogen and oxygen atoms in total. The molecule has 3 rings (SSSR count). The number of phenolic OH excluding ortho intramolecular Hbond substituents is 1. The van der Waals surface area contributed by atoms with Crippen molar-refractivity contribution in [2.75, 3.05) is 14.2 Å². The summed E-state index contributed by atoms with van der Waals surface area (Å²) < 4.78 is 7.16. The predicted molar refractivity (Wildman–Crippen MR) is 94.7 cm³/mol. The molecule has 1 aliphatic heterocycles. The Labute approximate surface area is 146 Å². The third-order valence-electron chi connectivity index (χ3n) is 4.25. The van der Waals surface area contributed by atoms with E-state index in [4.69, 9.17) is 4.74 Å². The fraction of sp³-hybridized carbons (Fsp3) is 0.471. The highest BCUT2D eigenvalue weighted by Crippen LogP contribution is 2.24. The van der Waals surface area contributed by atoms with Crippen LogP contribution in [0.5, 0.6) is 11.5 Å². The number of ether oxygens (including phenoxy) is 1. The number of aromatic nitrogens is 3. The van der Waals surface area contributed by atoms with Gasteiger partial charge in [0.1, 0.15) is 23.1 Å². The molecular weight excluding hydrogens is 320 g/mol. The van der Waals surface area contributed by atoms with Crippen LogP contribution in [-0.4, -0.2) is 40.0 Å². The van der Waals surface area contributed by atoms with Crippen molar-refractivity contribution in [3.8, 4) is 11.5 Å². The van der Waals surface area contributed by atoms with E-state index in [-0.39, 0.29) is 11.8 Å². The van der Waals surface area contributed by atoms with Gasteiger partial charge in [0.25, 0.3) is 0 Å². The van der Waals surface area contributed by atoms with Crippen LogP contribution in [0, 0.1) is 6.92 Å². The average Bonchev–Trinajstić information content (AvgIpc) is 3.00. The maximum absolute atomic E-state index is 9.99. The summed E-state index contributed by atoms with van der Waals surface area (Å²) in [5.74, 6) is 3.30. The summed E-state index contributed by atoms with van der Waals surface area (Å²) in [6.45, 7) is 3.24. The SMILES string of the molecule is CN=C(NCc1cc(OC)ccc1O)NC1CCCn2nc(C)nc21. The molecule has 0 spiro atoms. The number of rotatable bonds is 4. The van der Waals surface area contributed by atoms with E-state index in [2.05, 4.69) is 25.7 Å². The fourth-order valence-electron chi connectivity index (χ4n) is 2.97. The van der Waals surface area contributed by atoms with Crippen molar-refractivity contribution in [2.24, 2.45) is 4.99 Å². The third-order valence-corrected chi connectivity index (χ3v) is 4.25. The summed E-state index contributed by atoms with van der Waals surface area (Å²) in [5.41, 5.74) is 0.741. The molecule has 0 saturated carbocycles. The van der Waals surface area contributed by atoms with Crippen LogP contribution < -0.4 is 15.4 Å². The molecule has 0 fully saturated rings. The Morgan fingerprint density at radius 1 is 1.48 bits per heavy atom. The molecule has 134 valence electrons. The highest BCUT2D eigenvalue weighted by atomic mass is 16.5. The quantitative estimate of drug-likeness (QED) is 0.574. The van der Waals surface area contributed by atoms with Crippen molar-refractivity contribution < 1.29 is 9.84 Å². The zero-order valence-electron chi connectivity index (χ0n) is 14.8. The number of fused-ring (bicyclic) bond motifs is 1. The second-order valence-corrected chi connectivity index (χ2v) is 6.00. The topological polar surface area (TPSA) is 96.6 Å². The number of aryl methyl sites for hydroxylation is 2. The molecule has 25 heavy (non-hydrogen) atoms. The molecule has 2 heterocycles. The van der Waals surface area contributed by atoms with E-state index < -0.39 is 0 Å². The zero-order valence-corrected chi connectivity index (χ0v) is 14.8. The molecule has 0 saturated heterocycles. The van der Waals surface area contributed by atoms with Crippen LogP contribution >= 0.6 is 0 Å². The monoisotopic (exact) mass is 344 g/mol. The largest absolute Gasteiger partial charge is 0.508 e. The van der Waals surface area contributed by atoms with Crippen LogP contribution in [0.4, 0.5) is 0 Å². The molecule has 1 unspecified atom stereocenters. The number of nitrogens with zero attached hydrogens (tertiary/aromatic N) is 4. The zero-order chi connectivity index (χ0) is 17.8. The van der Waals surface area contributed by atoms with Crippen molar-refractivity contribution in [3.63, 3.8) is 0 Å². The van der Waals surface area contributed by atoms with Crippen molar-refractivity contribution in [2.45, 2.75) is 38.9 Å². The van der Waals surface area contributed by atoms with Gasteiger partial charge in [0.15, 0.2) is 5.96 Å². The summed E-state index contributed by atoms with van der Waals surface area (Å²) >= 11 is 0. The Kier molecular flexibility index (Phi) is 5.06. The first-order valence-electron chi connectivity index (χ1n) is 8.35. The second-order valence-electron chi connectivity index (χ2n) is 6.00. The molecule has 1 aromatic heterocycles. The van der Waals surface area contributed by atoms with Crippen LogP contribution in [0.15, 0.2) is 23.2 Å². The number of methoxy groups -OCH3 is 1. The Morgan fingerprint density at radius 2 is 2.32 bits per heavy atom. The van der Waals surface area contributed by atoms with E-state index in [9.17, 15) is 5.11 Å². The summed E-state index contributed by atoms with van der Waals surface area (Å²) in [4.78, 5) is 8.80. The molecule has 2 aromatic rings. The molecule has 8 heteroatoms. The van der Waals surface area contributed by atoms with Crippen LogP contribution in [0.3, 0.4) is 0 Å². The van der Waals surface area contributed by atoms with Crippen LogP contribution in [0.25, 0.3) is 0 Å². The number of hydrogen-bond acceptors (Lipinski definition) is 5. The Balaban J connectivity index is 1.66. The smallest absolute Gasteiger partial charge is 0.191 e. The third kappa shape index (κ3) is 3.84. The molecule has 0 bridgehead atoms. The van der Waals surface area contributed by atoms with Gasteiger partial charge in [0, 0.05) is 25.7 Å². The maximum Gasteiger partial charge on any atom is 0.191 e. The summed E-state index contributed by atoms with van der Waals surface area (Å²) in [7, 11) is 3.32. The minimum absolute atomic E-state index is 0.0695. The number of phenols is 1. The Morgan fingerprint density at radius 3 is 3.08 bits per heavy atom. The first kappa shape index (κ1) is 17.1. The minimum Gasteiger partial charge on any atom is -0.508 e. The molecule has 1 aliphatic rings. The highest BCUT2D eigenvalue weighted by molar-refractivity contribution is 5.80. The molecular formula is C17H24N6O2. The predicted octanol–water partition coefficient (Wildman–Crippen LogP) is 1.50. The lowest BCUT2D eigenvalue weighted by atomic mass is 10.1. The van der Waals surface area contributed by atoms with Gasteiger partial charge in [0.05, 0.1) is 13.2 Å². The lowest BCUT2D eigenvalue weighted by molar-refractivity contribution is 0.397. The van der Waals surface area contributed by atoms with Gasteiger partial charge < -0.3 is 20.5 Å². The standard InChI is InChI=1S/C17H24N6O2/c1-11-20-16-14(5-4-8-23(16)22-11)21-17(18-2)19-10-12-9-13(25-3)6-7-15(12)24/h6-7,9,14,24H,4-5,8,10H2,1-3H3,(H2,18,19,21). The first-order chi connectivity index (χ1) is 12.1. The Bertz CT molecular complexity index is 770. The van der Waals surface area contributed by atoms with E-state index >= 15 is 0 Å². The molecule has 1 aromatic carbocycles. The van der Waals surface area contributed by atoms with Crippen molar-refractivity contribution >= 4 is 5.96 Å². The van der Waals surface area contributed by atoms with Gasteiger partial charge in [0.2, 0.25) is 0 Å². The number of benzene rings is 1. The van der Waals surface area contributed by atoms with E-state index in [1.807, 2.05) is 11.6 Å². The van der Waals surface area contributed by atoms with Gasteiger partial charge >= 0.3 is 0 Å². The van der Waals surface area contributed by atoms with E-state index in [1.54, 1.807) is 32.4 Å². The second kappa shape index (κ2) is 7.42. The number of hydrogen-bond donors (Lipinski definition) is 3.